The summed E-state index contributed by atoms with van der Waals surface area (Å²) in [4.78, 5) is 0. The highest BCUT2D eigenvalue weighted by molar-refractivity contribution is 5.91. The Kier molecular flexibility index (Phi) is 1.37. The van der Waals surface area contributed by atoms with Crippen LogP contribution in [0, 0.1) is 5.41 Å². The van der Waals surface area contributed by atoms with Crippen LogP contribution in [0.25, 0.3) is 10.9 Å². The van der Waals surface area contributed by atoms with Crippen LogP contribution in [0.1, 0.15) is 0 Å². The van der Waals surface area contributed by atoms with Gasteiger partial charge in [-0.3, -0.25) is 9.98 Å². The summed E-state index contributed by atoms with van der Waals surface area (Å²) < 4.78 is 1.65. The van der Waals surface area contributed by atoms with Crippen LogP contribution in [0.4, 0.5) is 0 Å². The molecule has 60 valence electrons. The molecule has 0 unspecified atom stereocenters. The Labute approximate surface area is 69.9 Å². The van der Waals surface area contributed by atoms with Crippen molar-refractivity contribution in [3.63, 3.8) is 0 Å². The number of nitrogens with one attached hydrogen (secondary N) is 1. The summed E-state index contributed by atoms with van der Waals surface area (Å²) in [5, 5.41) is 8.38. The molecule has 0 aliphatic carbocycles. The molecule has 2 aromatic rings. The number of nitrogens with two attached hydrogens (primary N) is 1. The van der Waals surface area contributed by atoms with Gasteiger partial charge in [0.2, 0.25) is 0 Å². The van der Waals surface area contributed by atoms with Crippen LogP contribution in [0.2, 0.25) is 0 Å². The third-order valence-corrected chi connectivity index (χ3v) is 1.86. The van der Waals surface area contributed by atoms with E-state index >= 15 is 0 Å². The van der Waals surface area contributed by atoms with Gasteiger partial charge in [0, 0.05) is 11.6 Å². The van der Waals surface area contributed by atoms with E-state index in [1.165, 1.54) is 0 Å². The van der Waals surface area contributed by atoms with Gasteiger partial charge in [-0.1, -0.05) is 18.2 Å². The summed E-state index contributed by atoms with van der Waals surface area (Å²) >= 11 is 0. The molecule has 0 radical (unpaired) electrons. The summed E-state index contributed by atoms with van der Waals surface area (Å²) in [6.07, 6.45) is 1.80. The number of nitrogen functional groups attached to an aromatic ring is 1. The van der Waals surface area contributed by atoms with Crippen molar-refractivity contribution in [2.45, 2.75) is 0 Å². The molecule has 0 atom stereocenters. The first-order chi connectivity index (χ1) is 5.79. The van der Waals surface area contributed by atoms with Gasteiger partial charge in [-0.2, -0.15) is 0 Å². The molecular weight excluding hydrogens is 150 g/mol. The summed E-state index contributed by atoms with van der Waals surface area (Å²) in [5.74, 6) is 0.0520. The molecule has 0 amide bonds. The summed E-state index contributed by atoms with van der Waals surface area (Å²) in [6, 6.07) is 9.77. The Bertz CT molecular complexity index is 428. The lowest BCUT2D eigenvalue weighted by molar-refractivity contribution is 1.15. The van der Waals surface area contributed by atoms with Crippen molar-refractivity contribution in [2.75, 3.05) is 0 Å². The lowest BCUT2D eigenvalue weighted by Gasteiger charge is -1.99. The van der Waals surface area contributed by atoms with Crippen molar-refractivity contribution in [1.29, 1.82) is 5.41 Å². The summed E-state index contributed by atoms with van der Waals surface area (Å²) in [5.41, 5.74) is 6.35. The molecule has 3 nitrogen and oxygen atoms in total. The van der Waals surface area contributed by atoms with Crippen molar-refractivity contribution in [3.8, 4) is 0 Å². The predicted molar refractivity (Wildman–Crippen MR) is 49.3 cm³/mol. The van der Waals surface area contributed by atoms with E-state index in [0.717, 1.165) is 10.9 Å². The van der Waals surface area contributed by atoms with Gasteiger partial charge in [0.1, 0.15) is 0 Å². The van der Waals surface area contributed by atoms with E-state index < -0.39 is 0 Å². The van der Waals surface area contributed by atoms with Gasteiger partial charge in [0.15, 0.2) is 5.96 Å². The number of rotatable bonds is 0. The van der Waals surface area contributed by atoms with E-state index in [2.05, 4.69) is 0 Å². The van der Waals surface area contributed by atoms with Crippen molar-refractivity contribution in [2.24, 2.45) is 5.73 Å². The highest BCUT2D eigenvalue weighted by Gasteiger charge is 1.99. The fourth-order valence-electron chi connectivity index (χ4n) is 1.29. The van der Waals surface area contributed by atoms with Crippen LogP contribution >= 0.6 is 0 Å². The number of fused-ring (bicyclic) bond motifs is 1. The van der Waals surface area contributed by atoms with Crippen molar-refractivity contribution in [3.05, 3.63) is 36.5 Å². The van der Waals surface area contributed by atoms with Crippen LogP contribution < -0.4 is 5.73 Å². The Hall–Kier alpha value is -1.77. The first-order valence-corrected chi connectivity index (χ1v) is 3.69. The second-order valence-corrected chi connectivity index (χ2v) is 2.63. The normalized spacial score (nSPS) is 10.3. The predicted octanol–water partition coefficient (Wildman–Crippen LogP) is 1.38. The average molecular weight is 159 g/mol. The SMILES string of the molecule is N=C(N)n1ccc2ccccc21. The first kappa shape index (κ1) is 6.91. The van der Waals surface area contributed by atoms with E-state index in [1.54, 1.807) is 10.8 Å². The van der Waals surface area contributed by atoms with Gasteiger partial charge in [-0.15, -0.1) is 0 Å². The zero-order valence-electron chi connectivity index (χ0n) is 6.49. The van der Waals surface area contributed by atoms with E-state index in [-0.39, 0.29) is 5.96 Å². The van der Waals surface area contributed by atoms with Gasteiger partial charge < -0.3 is 5.73 Å². The number of para-hydroxylation sites is 1. The summed E-state index contributed by atoms with van der Waals surface area (Å²) in [7, 11) is 0. The van der Waals surface area contributed by atoms with E-state index in [4.69, 9.17) is 11.1 Å². The molecule has 0 saturated heterocycles. The van der Waals surface area contributed by atoms with Gasteiger partial charge in [-0.05, 0) is 12.1 Å². The maximum Gasteiger partial charge on any atom is 0.197 e. The van der Waals surface area contributed by atoms with Crippen molar-refractivity contribution < 1.29 is 0 Å². The minimum atomic E-state index is 0.0520. The monoisotopic (exact) mass is 159 g/mol. The van der Waals surface area contributed by atoms with Gasteiger partial charge in [0.25, 0.3) is 0 Å². The standard InChI is InChI=1S/C9H9N3/c10-9(11)12-6-5-7-3-1-2-4-8(7)12/h1-6H,(H3,10,11). The second kappa shape index (κ2) is 2.37. The second-order valence-electron chi connectivity index (χ2n) is 2.63. The largest absolute Gasteiger partial charge is 0.369 e. The fourth-order valence-corrected chi connectivity index (χ4v) is 1.29. The molecule has 0 aliphatic rings. The van der Waals surface area contributed by atoms with Crippen LogP contribution in [0.3, 0.4) is 0 Å². The molecule has 0 aliphatic heterocycles. The van der Waals surface area contributed by atoms with Gasteiger partial charge in [-0.25, -0.2) is 0 Å². The van der Waals surface area contributed by atoms with Crippen LogP contribution in [-0.4, -0.2) is 10.5 Å². The first-order valence-electron chi connectivity index (χ1n) is 3.69. The molecule has 12 heavy (non-hydrogen) atoms. The molecule has 2 rings (SSSR count). The van der Waals surface area contributed by atoms with Crippen molar-refractivity contribution >= 4 is 16.9 Å². The molecule has 0 bridgehead atoms. The number of aromatic nitrogens is 1. The quantitative estimate of drug-likeness (QED) is 0.443. The molecule has 3 heteroatoms. The van der Waals surface area contributed by atoms with Gasteiger partial charge >= 0.3 is 0 Å². The maximum absolute atomic E-state index is 7.27. The molecule has 3 N–H and O–H groups in total. The van der Waals surface area contributed by atoms with Crippen LogP contribution in [-0.2, 0) is 0 Å². The molecule has 1 heterocycles. The van der Waals surface area contributed by atoms with Gasteiger partial charge in [0.05, 0.1) is 5.52 Å². The molecule has 1 aromatic carbocycles. The lowest BCUT2D eigenvalue weighted by atomic mass is 10.2. The Balaban J connectivity index is 2.79. The van der Waals surface area contributed by atoms with E-state index in [9.17, 15) is 0 Å². The number of hydrogen-bond acceptors (Lipinski definition) is 1. The molecule has 0 saturated carbocycles. The fraction of sp³-hybridized carbons (Fsp3) is 0. The summed E-state index contributed by atoms with van der Waals surface area (Å²) in [6.45, 7) is 0. The third kappa shape index (κ3) is 0.871. The molecular formula is C9H9N3. The van der Waals surface area contributed by atoms with Crippen LogP contribution in [0.15, 0.2) is 36.5 Å². The minimum absolute atomic E-state index is 0.0520. The third-order valence-electron chi connectivity index (χ3n) is 1.86. The average Bonchev–Trinajstić information content (AvgIpc) is 2.47. The maximum atomic E-state index is 7.27. The number of nitrogens with zero attached hydrogens (tertiary/aromatic N) is 1. The molecule has 0 fully saturated rings. The number of hydrogen-bond donors (Lipinski definition) is 2. The topological polar surface area (TPSA) is 54.8 Å². The Morgan fingerprint density at radius 1 is 1.25 bits per heavy atom. The lowest BCUT2D eigenvalue weighted by Crippen LogP contribution is -2.19. The van der Waals surface area contributed by atoms with Crippen LogP contribution in [0.5, 0.6) is 0 Å². The zero-order valence-corrected chi connectivity index (χ0v) is 6.49. The molecule has 1 aromatic heterocycles. The van der Waals surface area contributed by atoms with E-state index in [0.29, 0.717) is 0 Å². The zero-order chi connectivity index (χ0) is 8.55. The number of benzene rings is 1. The van der Waals surface area contributed by atoms with E-state index in [1.807, 2.05) is 30.3 Å². The van der Waals surface area contributed by atoms with Crippen molar-refractivity contribution in [1.82, 2.24) is 4.57 Å². The Morgan fingerprint density at radius 3 is 2.75 bits per heavy atom. The molecule has 0 spiro atoms. The highest BCUT2D eigenvalue weighted by Crippen LogP contribution is 2.13. The smallest absolute Gasteiger partial charge is 0.197 e. The Morgan fingerprint density at radius 2 is 2.00 bits per heavy atom. The minimum Gasteiger partial charge on any atom is -0.369 e. The highest BCUT2D eigenvalue weighted by atomic mass is 15.1.